The van der Waals surface area contributed by atoms with Gasteiger partial charge in [0.2, 0.25) is 5.95 Å². The molecule has 0 radical (unpaired) electrons. The maximum absolute atomic E-state index is 12.0. The Morgan fingerprint density at radius 1 is 1.35 bits per heavy atom. The lowest BCUT2D eigenvalue weighted by molar-refractivity contribution is 0.240. The summed E-state index contributed by atoms with van der Waals surface area (Å²) in [4.78, 5) is 21.5. The molecule has 20 heavy (non-hydrogen) atoms. The highest BCUT2D eigenvalue weighted by molar-refractivity contribution is 5.30. The first-order valence-electron chi connectivity index (χ1n) is 6.82. The predicted octanol–water partition coefficient (Wildman–Crippen LogP) is 1.37. The lowest BCUT2D eigenvalue weighted by Crippen LogP contribution is -2.35. The minimum absolute atomic E-state index is 0.0151. The van der Waals surface area contributed by atoms with E-state index in [1.54, 1.807) is 7.05 Å². The number of rotatable bonds is 3. The van der Waals surface area contributed by atoms with E-state index in [1.807, 2.05) is 6.07 Å². The van der Waals surface area contributed by atoms with Crippen molar-refractivity contribution < 1.29 is 0 Å². The van der Waals surface area contributed by atoms with E-state index in [2.05, 4.69) is 44.5 Å². The lowest BCUT2D eigenvalue weighted by atomic mass is 10.1. The summed E-state index contributed by atoms with van der Waals surface area (Å²) in [6.07, 6.45) is 0.758. The maximum Gasteiger partial charge on any atom is 0.255 e. The highest BCUT2D eigenvalue weighted by atomic mass is 16.1. The Bertz CT molecular complexity index is 651. The number of nitrogens with one attached hydrogen (secondary N) is 2. The maximum atomic E-state index is 12.0. The summed E-state index contributed by atoms with van der Waals surface area (Å²) in [6, 6.07) is 10.4. The van der Waals surface area contributed by atoms with Crippen LogP contribution in [0.4, 0.5) is 5.95 Å². The van der Waals surface area contributed by atoms with E-state index in [0.29, 0.717) is 5.95 Å². The molecule has 104 valence electrons. The summed E-state index contributed by atoms with van der Waals surface area (Å²) < 4.78 is 0. The van der Waals surface area contributed by atoms with Crippen LogP contribution < -0.4 is 10.9 Å². The molecule has 0 atom stereocenters. The number of hydrogen-bond acceptors (Lipinski definition) is 4. The molecule has 0 spiro atoms. The van der Waals surface area contributed by atoms with Gasteiger partial charge in [0.15, 0.2) is 0 Å². The van der Waals surface area contributed by atoms with Crippen LogP contribution in [0.1, 0.15) is 16.8 Å². The monoisotopic (exact) mass is 270 g/mol. The lowest BCUT2D eigenvalue weighted by Gasteiger charge is -2.27. The SMILES string of the molecule is CNc1nc2c(c(=O)[nH]1)CCN(Cc1ccccc1)C2. The molecule has 0 fully saturated rings. The third-order valence-corrected chi connectivity index (χ3v) is 3.64. The molecule has 1 aromatic heterocycles. The first kappa shape index (κ1) is 12.9. The van der Waals surface area contributed by atoms with Crippen molar-refractivity contribution in [3.63, 3.8) is 0 Å². The van der Waals surface area contributed by atoms with Crippen LogP contribution >= 0.6 is 0 Å². The van der Waals surface area contributed by atoms with Gasteiger partial charge in [0.25, 0.3) is 5.56 Å². The second kappa shape index (κ2) is 5.46. The zero-order chi connectivity index (χ0) is 13.9. The van der Waals surface area contributed by atoms with Crippen LogP contribution in [-0.4, -0.2) is 28.5 Å². The van der Waals surface area contributed by atoms with Gasteiger partial charge in [-0.15, -0.1) is 0 Å². The van der Waals surface area contributed by atoms with Gasteiger partial charge < -0.3 is 5.32 Å². The molecule has 5 heteroatoms. The van der Waals surface area contributed by atoms with Gasteiger partial charge in [-0.1, -0.05) is 30.3 Å². The molecule has 0 saturated carbocycles. The number of aromatic nitrogens is 2. The molecule has 0 aliphatic carbocycles. The number of fused-ring (bicyclic) bond motifs is 1. The fraction of sp³-hybridized carbons (Fsp3) is 0.333. The van der Waals surface area contributed by atoms with Crippen LogP contribution in [0.2, 0.25) is 0 Å². The largest absolute Gasteiger partial charge is 0.359 e. The number of anilines is 1. The third kappa shape index (κ3) is 2.58. The van der Waals surface area contributed by atoms with Crippen LogP contribution in [0.15, 0.2) is 35.1 Å². The number of benzene rings is 1. The molecule has 1 aliphatic heterocycles. The van der Waals surface area contributed by atoms with Gasteiger partial charge >= 0.3 is 0 Å². The normalized spacial score (nSPS) is 14.8. The van der Waals surface area contributed by atoms with E-state index in [4.69, 9.17) is 0 Å². The zero-order valence-corrected chi connectivity index (χ0v) is 11.5. The fourth-order valence-corrected chi connectivity index (χ4v) is 2.59. The third-order valence-electron chi connectivity index (χ3n) is 3.64. The second-order valence-electron chi connectivity index (χ2n) is 5.04. The Balaban J connectivity index is 1.81. The first-order valence-corrected chi connectivity index (χ1v) is 6.82. The average molecular weight is 270 g/mol. The number of nitrogens with zero attached hydrogens (tertiary/aromatic N) is 2. The van der Waals surface area contributed by atoms with Crippen LogP contribution in [0, 0.1) is 0 Å². The fourth-order valence-electron chi connectivity index (χ4n) is 2.59. The Morgan fingerprint density at radius 3 is 2.90 bits per heavy atom. The van der Waals surface area contributed by atoms with Crippen molar-refractivity contribution in [1.29, 1.82) is 0 Å². The van der Waals surface area contributed by atoms with E-state index >= 15 is 0 Å². The Morgan fingerprint density at radius 2 is 2.15 bits per heavy atom. The van der Waals surface area contributed by atoms with Crippen LogP contribution in [0.5, 0.6) is 0 Å². The van der Waals surface area contributed by atoms with Gasteiger partial charge in [0, 0.05) is 32.2 Å². The van der Waals surface area contributed by atoms with Crippen molar-refractivity contribution in [2.75, 3.05) is 18.9 Å². The minimum Gasteiger partial charge on any atom is -0.359 e. The summed E-state index contributed by atoms with van der Waals surface area (Å²) in [7, 11) is 1.76. The van der Waals surface area contributed by atoms with Gasteiger partial charge in [-0.2, -0.15) is 0 Å². The van der Waals surface area contributed by atoms with Crippen LogP contribution in [0.3, 0.4) is 0 Å². The summed E-state index contributed by atoms with van der Waals surface area (Å²) in [5.41, 5.74) is 2.99. The number of H-pyrrole nitrogens is 1. The van der Waals surface area contributed by atoms with Crippen molar-refractivity contribution in [1.82, 2.24) is 14.9 Å². The molecule has 0 unspecified atom stereocenters. The first-order chi connectivity index (χ1) is 9.76. The molecular formula is C15H18N4O. The topological polar surface area (TPSA) is 61.0 Å². The summed E-state index contributed by atoms with van der Waals surface area (Å²) in [6.45, 7) is 2.51. The van der Waals surface area contributed by atoms with Gasteiger partial charge in [0.1, 0.15) is 0 Å². The van der Waals surface area contributed by atoms with Gasteiger partial charge in [0.05, 0.1) is 5.69 Å². The van der Waals surface area contributed by atoms with Crippen LogP contribution in [-0.2, 0) is 19.5 Å². The van der Waals surface area contributed by atoms with Crippen molar-refractivity contribution in [3.05, 3.63) is 57.5 Å². The molecule has 0 saturated heterocycles. The molecule has 1 aliphatic rings. The van der Waals surface area contributed by atoms with Crippen molar-refractivity contribution in [2.24, 2.45) is 0 Å². The van der Waals surface area contributed by atoms with E-state index < -0.39 is 0 Å². The molecule has 2 aromatic rings. The quantitative estimate of drug-likeness (QED) is 0.884. The highest BCUT2D eigenvalue weighted by Crippen LogP contribution is 2.17. The zero-order valence-electron chi connectivity index (χ0n) is 11.5. The molecule has 2 heterocycles. The van der Waals surface area contributed by atoms with Gasteiger partial charge in [-0.3, -0.25) is 14.7 Å². The van der Waals surface area contributed by atoms with Gasteiger partial charge in [-0.05, 0) is 12.0 Å². The summed E-state index contributed by atoms with van der Waals surface area (Å²) in [5.74, 6) is 0.537. The molecular weight excluding hydrogens is 252 g/mol. The minimum atomic E-state index is -0.0151. The number of aromatic amines is 1. The average Bonchev–Trinajstić information content (AvgIpc) is 2.48. The smallest absolute Gasteiger partial charge is 0.255 e. The van der Waals surface area contributed by atoms with Crippen molar-refractivity contribution in [3.8, 4) is 0 Å². The summed E-state index contributed by atoms with van der Waals surface area (Å²) in [5, 5.41) is 2.90. The Hall–Kier alpha value is -2.14. The summed E-state index contributed by atoms with van der Waals surface area (Å²) >= 11 is 0. The molecule has 0 bridgehead atoms. The molecule has 2 N–H and O–H groups in total. The molecule has 3 rings (SSSR count). The standard InChI is InChI=1S/C15H18N4O/c1-16-15-17-13-10-19(8-7-12(13)14(20)18-15)9-11-5-3-2-4-6-11/h2-6H,7-10H2,1H3,(H2,16,17,18,20). The second-order valence-corrected chi connectivity index (χ2v) is 5.04. The molecule has 5 nitrogen and oxygen atoms in total. The number of hydrogen-bond donors (Lipinski definition) is 2. The molecule has 0 amide bonds. The Kier molecular flexibility index (Phi) is 3.52. The van der Waals surface area contributed by atoms with E-state index in [1.165, 1.54) is 5.56 Å². The van der Waals surface area contributed by atoms with Crippen molar-refractivity contribution >= 4 is 5.95 Å². The van der Waals surface area contributed by atoms with Crippen molar-refractivity contribution in [2.45, 2.75) is 19.5 Å². The van der Waals surface area contributed by atoms with Crippen LogP contribution in [0.25, 0.3) is 0 Å². The van der Waals surface area contributed by atoms with E-state index in [9.17, 15) is 4.79 Å². The van der Waals surface area contributed by atoms with Gasteiger partial charge in [-0.25, -0.2) is 4.98 Å². The molecule has 1 aromatic carbocycles. The Labute approximate surface area is 117 Å². The highest BCUT2D eigenvalue weighted by Gasteiger charge is 2.20. The van der Waals surface area contributed by atoms with E-state index in [-0.39, 0.29) is 5.56 Å². The predicted molar refractivity (Wildman–Crippen MR) is 78.7 cm³/mol. The van der Waals surface area contributed by atoms with E-state index in [0.717, 1.165) is 37.3 Å².